The van der Waals surface area contributed by atoms with Crippen LogP contribution in [0.2, 0.25) is 0 Å². The molecule has 2 N–H and O–H groups in total. The van der Waals surface area contributed by atoms with Crippen LogP contribution in [-0.2, 0) is 7.05 Å². The predicted octanol–water partition coefficient (Wildman–Crippen LogP) is -0.763. The first-order chi connectivity index (χ1) is 7.25. The lowest BCUT2D eigenvalue weighted by atomic mass is 10.1. The highest BCUT2D eigenvalue weighted by Crippen LogP contribution is 2.15. The largest absolute Gasteiger partial charge is 1.00 e. The molecule has 1 rings (SSSR count). The quantitative estimate of drug-likeness (QED) is 0.482. The Bertz CT molecular complexity index is 276. The van der Waals surface area contributed by atoms with Gasteiger partial charge in [0.1, 0.15) is 12.4 Å². The molecule has 1 aromatic heterocycles. The molecule has 0 saturated heterocycles. The van der Waals surface area contributed by atoms with E-state index in [1.165, 1.54) is 25.7 Å². The minimum absolute atomic E-state index is 0. The number of aliphatic hydroxyl groups excluding tert-OH is 1. The van der Waals surface area contributed by atoms with Crippen LogP contribution in [0.15, 0.2) is 12.4 Å². The van der Waals surface area contributed by atoms with Gasteiger partial charge in [-0.15, -0.1) is 0 Å². The third-order valence-electron chi connectivity index (χ3n) is 2.81. The summed E-state index contributed by atoms with van der Waals surface area (Å²) in [7, 11) is 1.95. The van der Waals surface area contributed by atoms with Crippen LogP contribution < -0.4 is 17.0 Å². The lowest BCUT2D eigenvalue weighted by Gasteiger charge is -2.05. The lowest BCUT2D eigenvalue weighted by Crippen LogP contribution is -3.00. The molecule has 0 radical (unpaired) electrons. The molecule has 1 aromatic rings. The number of H-pyrrole nitrogens is 1. The second-order valence-corrected chi connectivity index (χ2v) is 4.17. The van der Waals surface area contributed by atoms with Crippen LogP contribution in [-0.4, -0.2) is 10.1 Å². The summed E-state index contributed by atoms with van der Waals surface area (Å²) in [5, 5.41) is 9.89. The van der Waals surface area contributed by atoms with Gasteiger partial charge in [0.05, 0.1) is 7.05 Å². The summed E-state index contributed by atoms with van der Waals surface area (Å²) in [4.78, 5) is 3.07. The summed E-state index contributed by atoms with van der Waals surface area (Å²) in [5.41, 5.74) is 0. The van der Waals surface area contributed by atoms with E-state index in [2.05, 4.69) is 11.9 Å². The molecule has 1 heterocycles. The standard InChI is InChI=1S/C12H22N2O.ClH/c1-3-4-5-6-7-8-11(15)12-13-9-10-14(12)2;/h9-11,15H,3-8H2,1-2H3;1H. The molecule has 16 heavy (non-hydrogen) atoms. The minimum atomic E-state index is -0.341. The molecule has 94 valence electrons. The molecule has 0 aliphatic heterocycles. The fourth-order valence-electron chi connectivity index (χ4n) is 1.83. The van der Waals surface area contributed by atoms with Gasteiger partial charge in [-0.25, -0.2) is 9.55 Å². The highest BCUT2D eigenvalue weighted by molar-refractivity contribution is 4.82. The molecule has 0 aromatic carbocycles. The van der Waals surface area contributed by atoms with Crippen molar-refractivity contribution in [2.24, 2.45) is 7.05 Å². The second-order valence-electron chi connectivity index (χ2n) is 4.17. The molecule has 0 aliphatic carbocycles. The fraction of sp³-hybridized carbons (Fsp3) is 0.750. The maximum atomic E-state index is 9.89. The topological polar surface area (TPSA) is 39.9 Å². The van der Waals surface area contributed by atoms with Crippen molar-refractivity contribution in [3.05, 3.63) is 18.2 Å². The zero-order valence-corrected chi connectivity index (χ0v) is 11.0. The maximum Gasteiger partial charge on any atom is 0.283 e. The van der Waals surface area contributed by atoms with Crippen LogP contribution >= 0.6 is 0 Å². The molecule has 0 amide bonds. The highest BCUT2D eigenvalue weighted by Gasteiger charge is 2.17. The Kier molecular flexibility index (Phi) is 8.30. The number of unbranched alkanes of at least 4 members (excludes halogenated alkanes) is 4. The van der Waals surface area contributed by atoms with Gasteiger partial charge in [-0.1, -0.05) is 39.0 Å². The van der Waals surface area contributed by atoms with Crippen molar-refractivity contribution in [3.8, 4) is 0 Å². The van der Waals surface area contributed by atoms with Crippen LogP contribution in [0.4, 0.5) is 0 Å². The van der Waals surface area contributed by atoms with Gasteiger partial charge in [0.25, 0.3) is 5.82 Å². The highest BCUT2D eigenvalue weighted by atomic mass is 35.5. The number of rotatable bonds is 7. The van der Waals surface area contributed by atoms with Crippen molar-refractivity contribution in [3.63, 3.8) is 0 Å². The summed E-state index contributed by atoms with van der Waals surface area (Å²) in [6.07, 6.45) is 10.5. The van der Waals surface area contributed by atoms with E-state index in [9.17, 15) is 5.11 Å². The third kappa shape index (κ3) is 4.99. The first kappa shape index (κ1) is 15.5. The van der Waals surface area contributed by atoms with Gasteiger partial charge in [0.2, 0.25) is 0 Å². The van der Waals surface area contributed by atoms with Crippen molar-refractivity contribution in [2.45, 2.75) is 51.6 Å². The monoisotopic (exact) mass is 246 g/mol. The Balaban J connectivity index is 0.00000225. The van der Waals surface area contributed by atoms with Gasteiger partial charge in [-0.05, 0) is 6.42 Å². The van der Waals surface area contributed by atoms with E-state index in [0.29, 0.717) is 0 Å². The average molecular weight is 247 g/mol. The number of hydrogen-bond donors (Lipinski definition) is 2. The number of aliphatic hydroxyl groups is 1. The van der Waals surface area contributed by atoms with Crippen molar-refractivity contribution in [2.75, 3.05) is 0 Å². The first-order valence-corrected chi connectivity index (χ1v) is 5.96. The Morgan fingerprint density at radius 3 is 2.56 bits per heavy atom. The molecule has 0 bridgehead atoms. The van der Waals surface area contributed by atoms with E-state index in [0.717, 1.165) is 18.7 Å². The number of nitrogens with zero attached hydrogens (tertiary/aromatic N) is 1. The SMILES string of the molecule is CCCCCCCC(O)c1[nH]cc[n+]1C.[Cl-]. The first-order valence-electron chi connectivity index (χ1n) is 5.96. The number of nitrogens with one attached hydrogen (secondary N) is 1. The van der Waals surface area contributed by atoms with Crippen molar-refractivity contribution >= 4 is 0 Å². The van der Waals surface area contributed by atoms with Gasteiger partial charge in [-0.2, -0.15) is 0 Å². The Labute approximate surface area is 104 Å². The molecule has 0 fully saturated rings. The molecule has 3 nitrogen and oxygen atoms in total. The minimum Gasteiger partial charge on any atom is -1.00 e. The summed E-state index contributed by atoms with van der Waals surface area (Å²) < 4.78 is 1.94. The average Bonchev–Trinajstić information content (AvgIpc) is 2.64. The van der Waals surface area contributed by atoms with Crippen molar-refractivity contribution in [1.82, 2.24) is 4.98 Å². The van der Waals surface area contributed by atoms with E-state index in [1.54, 1.807) is 0 Å². The molecule has 0 spiro atoms. The number of hydrogen-bond acceptors (Lipinski definition) is 1. The fourth-order valence-corrected chi connectivity index (χ4v) is 1.83. The molecular formula is C12H23ClN2O. The molecule has 1 atom stereocenters. The summed E-state index contributed by atoms with van der Waals surface area (Å²) in [6, 6.07) is 0. The Morgan fingerprint density at radius 1 is 1.31 bits per heavy atom. The zero-order valence-electron chi connectivity index (χ0n) is 10.2. The Morgan fingerprint density at radius 2 is 2.00 bits per heavy atom. The zero-order chi connectivity index (χ0) is 11.1. The lowest BCUT2D eigenvalue weighted by molar-refractivity contribution is -0.681. The van der Waals surface area contributed by atoms with E-state index < -0.39 is 0 Å². The van der Waals surface area contributed by atoms with Crippen molar-refractivity contribution < 1.29 is 22.1 Å². The van der Waals surface area contributed by atoms with Crippen LogP contribution in [0.3, 0.4) is 0 Å². The molecule has 1 unspecified atom stereocenters. The number of aromatic amines is 1. The number of aryl methyl sites for hydroxylation is 1. The van der Waals surface area contributed by atoms with Gasteiger partial charge < -0.3 is 17.5 Å². The number of aromatic nitrogens is 2. The number of imidazole rings is 1. The normalized spacial score (nSPS) is 12.2. The van der Waals surface area contributed by atoms with Crippen LogP contribution in [0.25, 0.3) is 0 Å². The maximum absolute atomic E-state index is 9.89. The van der Waals surface area contributed by atoms with E-state index in [-0.39, 0.29) is 18.5 Å². The van der Waals surface area contributed by atoms with E-state index in [4.69, 9.17) is 0 Å². The number of halogens is 1. The predicted molar refractivity (Wildman–Crippen MR) is 60.3 cm³/mol. The van der Waals surface area contributed by atoms with Gasteiger partial charge in [0, 0.05) is 0 Å². The van der Waals surface area contributed by atoms with Gasteiger partial charge in [-0.3, -0.25) is 0 Å². The smallest absolute Gasteiger partial charge is 0.283 e. The summed E-state index contributed by atoms with van der Waals surface area (Å²) >= 11 is 0. The third-order valence-corrected chi connectivity index (χ3v) is 2.81. The summed E-state index contributed by atoms with van der Waals surface area (Å²) in [5.74, 6) is 0.908. The van der Waals surface area contributed by atoms with Gasteiger partial charge >= 0.3 is 0 Å². The molecule has 0 saturated carbocycles. The van der Waals surface area contributed by atoms with Gasteiger partial charge in [0.15, 0.2) is 6.10 Å². The van der Waals surface area contributed by atoms with E-state index in [1.807, 2.05) is 24.0 Å². The molecule has 0 aliphatic rings. The second kappa shape index (κ2) is 8.59. The van der Waals surface area contributed by atoms with Crippen molar-refractivity contribution in [1.29, 1.82) is 0 Å². The summed E-state index contributed by atoms with van der Waals surface area (Å²) in [6.45, 7) is 2.22. The molecule has 4 heteroatoms. The van der Waals surface area contributed by atoms with Crippen LogP contribution in [0, 0.1) is 0 Å². The molecular weight excluding hydrogens is 224 g/mol. The Hall–Kier alpha value is -0.540. The van der Waals surface area contributed by atoms with Crippen LogP contribution in [0.1, 0.15) is 57.4 Å². The van der Waals surface area contributed by atoms with E-state index >= 15 is 0 Å². The van der Waals surface area contributed by atoms with Crippen LogP contribution in [0.5, 0.6) is 0 Å².